The molecule has 2 unspecified atom stereocenters. The molecule has 1 saturated carbocycles. The van der Waals surface area contributed by atoms with Crippen LogP contribution in [0.3, 0.4) is 0 Å². The predicted octanol–water partition coefficient (Wildman–Crippen LogP) is 3.74. The minimum Gasteiger partial charge on any atom is -0.388 e. The van der Waals surface area contributed by atoms with Gasteiger partial charge in [-0.2, -0.15) is 0 Å². The van der Waals surface area contributed by atoms with Gasteiger partial charge < -0.3 is 10.4 Å². The van der Waals surface area contributed by atoms with Gasteiger partial charge in [-0.3, -0.25) is 4.99 Å². The monoisotopic (exact) mass is 370 g/mol. The zero-order valence-electron chi connectivity index (χ0n) is 12.8. The summed E-state index contributed by atoms with van der Waals surface area (Å²) in [7, 11) is 0. The molecule has 23 heavy (non-hydrogen) atoms. The number of thiocarbonyl (C=S) groups is 1. The first-order valence-corrected chi connectivity index (χ1v) is 9.03. The number of alkyl halides is 1. The second-order valence-corrected chi connectivity index (χ2v) is 8.07. The van der Waals surface area contributed by atoms with Gasteiger partial charge in [0.05, 0.1) is 21.8 Å². The lowest BCUT2D eigenvalue weighted by Gasteiger charge is -2.36. The number of benzene rings is 1. The SMILES string of the molecule is OC(Cc1ccccc1Cl)(CC1CCN=CNC1=S)C1(Cl)CC1. The minimum atomic E-state index is -1.03. The highest BCUT2D eigenvalue weighted by molar-refractivity contribution is 7.80. The van der Waals surface area contributed by atoms with E-state index < -0.39 is 10.5 Å². The summed E-state index contributed by atoms with van der Waals surface area (Å²) in [6.45, 7) is 0.704. The van der Waals surface area contributed by atoms with Gasteiger partial charge in [-0.05, 0) is 37.3 Å². The number of aliphatic imine (C=N–C) groups is 1. The maximum absolute atomic E-state index is 11.4. The van der Waals surface area contributed by atoms with Crippen molar-refractivity contribution >= 4 is 46.7 Å². The number of nitrogens with one attached hydrogen (secondary N) is 1. The summed E-state index contributed by atoms with van der Waals surface area (Å²) in [6, 6.07) is 7.61. The van der Waals surface area contributed by atoms with Gasteiger partial charge in [-0.25, -0.2) is 0 Å². The number of rotatable bonds is 5. The van der Waals surface area contributed by atoms with Gasteiger partial charge in [0.25, 0.3) is 0 Å². The van der Waals surface area contributed by atoms with Gasteiger partial charge in [-0.1, -0.05) is 42.0 Å². The molecule has 0 aromatic heterocycles. The van der Waals surface area contributed by atoms with Gasteiger partial charge >= 0.3 is 0 Å². The van der Waals surface area contributed by atoms with E-state index in [-0.39, 0.29) is 5.92 Å². The van der Waals surface area contributed by atoms with Crippen LogP contribution < -0.4 is 5.32 Å². The van der Waals surface area contributed by atoms with E-state index in [0.717, 1.165) is 29.8 Å². The maximum atomic E-state index is 11.4. The first-order valence-electron chi connectivity index (χ1n) is 7.87. The molecule has 0 spiro atoms. The zero-order chi connectivity index (χ0) is 16.5. The summed E-state index contributed by atoms with van der Waals surface area (Å²) in [5.74, 6) is 0.0659. The Balaban J connectivity index is 1.83. The van der Waals surface area contributed by atoms with Crippen LogP contribution in [-0.2, 0) is 6.42 Å². The second-order valence-electron chi connectivity index (χ2n) is 6.50. The first-order chi connectivity index (χ1) is 10.9. The average molecular weight is 371 g/mol. The standard InChI is InChI=1S/C17H20Cl2N2OS/c18-14-4-2-1-3-12(14)9-17(22,16(19)6-7-16)10-13-5-8-20-11-21-15(13)23/h1-4,11,13,22H,5-10H2,(H,20,21,23). The highest BCUT2D eigenvalue weighted by Gasteiger charge is 2.58. The molecule has 1 aromatic rings. The first kappa shape index (κ1) is 17.2. The zero-order valence-corrected chi connectivity index (χ0v) is 15.1. The lowest BCUT2D eigenvalue weighted by Crippen LogP contribution is -2.47. The summed E-state index contributed by atoms with van der Waals surface area (Å²) >= 11 is 18.4. The van der Waals surface area contributed by atoms with Crippen molar-refractivity contribution < 1.29 is 5.11 Å². The van der Waals surface area contributed by atoms with E-state index in [9.17, 15) is 5.11 Å². The lowest BCUT2D eigenvalue weighted by molar-refractivity contribution is 0.0107. The molecule has 2 aliphatic rings. The van der Waals surface area contributed by atoms with Gasteiger partial charge in [0, 0.05) is 23.9 Å². The van der Waals surface area contributed by atoms with Crippen LogP contribution in [0, 0.1) is 5.92 Å². The molecule has 1 aliphatic heterocycles. The van der Waals surface area contributed by atoms with Crippen LogP contribution in [0.15, 0.2) is 29.3 Å². The fourth-order valence-corrected chi connectivity index (χ4v) is 3.90. The lowest BCUT2D eigenvalue weighted by atomic mass is 9.80. The normalized spacial score (nSPS) is 25.3. The predicted molar refractivity (Wildman–Crippen MR) is 99.7 cm³/mol. The van der Waals surface area contributed by atoms with Crippen LogP contribution >= 0.6 is 35.4 Å². The molecule has 3 rings (SSSR count). The van der Waals surface area contributed by atoms with E-state index in [2.05, 4.69) is 10.3 Å². The fourth-order valence-electron chi connectivity index (χ4n) is 3.20. The van der Waals surface area contributed by atoms with Crippen molar-refractivity contribution in [2.24, 2.45) is 10.9 Å². The highest BCUT2D eigenvalue weighted by atomic mass is 35.5. The molecule has 1 aromatic carbocycles. The minimum absolute atomic E-state index is 0.0659. The Morgan fingerprint density at radius 3 is 2.83 bits per heavy atom. The van der Waals surface area contributed by atoms with Crippen molar-refractivity contribution in [3.8, 4) is 0 Å². The Labute approximate surface area is 152 Å². The third kappa shape index (κ3) is 3.71. The molecule has 2 N–H and O–H groups in total. The molecular weight excluding hydrogens is 351 g/mol. The van der Waals surface area contributed by atoms with Gasteiger partial charge in [0.1, 0.15) is 0 Å². The van der Waals surface area contributed by atoms with E-state index in [0.29, 0.717) is 24.4 Å². The topological polar surface area (TPSA) is 44.6 Å². The summed E-state index contributed by atoms with van der Waals surface area (Å²) < 4.78 is 0. The van der Waals surface area contributed by atoms with Gasteiger partial charge in [0.2, 0.25) is 0 Å². The van der Waals surface area contributed by atoms with Crippen LogP contribution in [0.25, 0.3) is 0 Å². The Bertz CT molecular complexity index is 633. The van der Waals surface area contributed by atoms with Crippen LogP contribution in [0.2, 0.25) is 5.02 Å². The summed E-state index contributed by atoms with van der Waals surface area (Å²) in [4.78, 5) is 4.37. The van der Waals surface area contributed by atoms with E-state index in [4.69, 9.17) is 35.4 Å². The molecule has 1 heterocycles. The van der Waals surface area contributed by atoms with E-state index >= 15 is 0 Å². The average Bonchev–Trinajstić information content (AvgIpc) is 3.29. The largest absolute Gasteiger partial charge is 0.388 e. The van der Waals surface area contributed by atoms with E-state index in [1.165, 1.54) is 0 Å². The molecule has 1 aliphatic carbocycles. The summed E-state index contributed by atoms with van der Waals surface area (Å²) in [5, 5.41) is 15.1. The van der Waals surface area contributed by atoms with E-state index in [1.807, 2.05) is 24.3 Å². The van der Waals surface area contributed by atoms with Crippen molar-refractivity contribution in [2.75, 3.05) is 6.54 Å². The second kappa shape index (κ2) is 6.67. The van der Waals surface area contributed by atoms with Crippen molar-refractivity contribution in [2.45, 2.75) is 42.6 Å². The molecule has 0 saturated heterocycles. The van der Waals surface area contributed by atoms with Crippen molar-refractivity contribution in [3.63, 3.8) is 0 Å². The van der Waals surface area contributed by atoms with E-state index in [1.54, 1.807) is 6.34 Å². The third-order valence-electron chi connectivity index (χ3n) is 4.82. The van der Waals surface area contributed by atoms with Gasteiger partial charge in [-0.15, -0.1) is 11.6 Å². The molecular formula is C17H20Cl2N2OS. The summed E-state index contributed by atoms with van der Waals surface area (Å²) in [5.41, 5.74) is -0.104. The smallest absolute Gasteiger partial charge is 0.0885 e. The molecule has 6 heteroatoms. The molecule has 0 amide bonds. The summed E-state index contributed by atoms with van der Waals surface area (Å²) in [6.07, 6.45) is 5.06. The van der Waals surface area contributed by atoms with Crippen LogP contribution in [0.5, 0.6) is 0 Å². The Morgan fingerprint density at radius 2 is 2.13 bits per heavy atom. The van der Waals surface area contributed by atoms with Crippen LogP contribution in [-0.4, -0.2) is 33.5 Å². The number of aliphatic hydroxyl groups is 1. The number of hydrogen-bond acceptors (Lipinski definition) is 3. The van der Waals surface area contributed by atoms with Crippen molar-refractivity contribution in [3.05, 3.63) is 34.9 Å². The molecule has 124 valence electrons. The Morgan fingerprint density at radius 1 is 1.39 bits per heavy atom. The molecule has 0 bridgehead atoms. The molecule has 0 radical (unpaired) electrons. The van der Waals surface area contributed by atoms with Gasteiger partial charge in [0.15, 0.2) is 0 Å². The number of halogens is 2. The Kier molecular flexibility index (Phi) is 4.98. The van der Waals surface area contributed by atoms with Crippen molar-refractivity contribution in [1.29, 1.82) is 0 Å². The number of hydrogen-bond donors (Lipinski definition) is 2. The maximum Gasteiger partial charge on any atom is 0.0885 e. The Hall–Kier alpha value is -0.680. The van der Waals surface area contributed by atoms with Crippen molar-refractivity contribution in [1.82, 2.24) is 5.32 Å². The fraction of sp³-hybridized carbons (Fsp3) is 0.529. The molecule has 1 fully saturated rings. The molecule has 2 atom stereocenters. The quantitative estimate of drug-likeness (QED) is 0.612. The highest BCUT2D eigenvalue weighted by Crippen LogP contribution is 2.54. The van der Waals surface area contributed by atoms with Crippen LogP contribution in [0.1, 0.15) is 31.2 Å². The third-order valence-corrected chi connectivity index (χ3v) is 6.37. The van der Waals surface area contributed by atoms with Crippen LogP contribution in [0.4, 0.5) is 0 Å². The number of nitrogens with zero attached hydrogens (tertiary/aromatic N) is 1. The molecule has 3 nitrogen and oxygen atoms in total.